The molecule has 0 aliphatic rings. The Morgan fingerprint density at radius 2 is 1.94 bits per heavy atom. The van der Waals surface area contributed by atoms with Crippen LogP contribution in [-0.4, -0.2) is 10.2 Å². The first kappa shape index (κ1) is 12.6. The Morgan fingerprint density at radius 3 is 2.47 bits per heavy atom. The van der Waals surface area contributed by atoms with E-state index in [-0.39, 0.29) is 5.75 Å². The molecule has 0 aliphatic carbocycles. The zero-order valence-electron chi connectivity index (χ0n) is 9.35. The Labute approximate surface area is 113 Å². The highest BCUT2D eigenvalue weighted by Gasteiger charge is 2.24. The standard InChI is InChI=1S/C13H13BrO2S/c1-13(16,7-12-6-10(14)8-17-12)9-2-4-11(15)5-3-9/h2-6,8,15-16H,7H2,1H3. The topological polar surface area (TPSA) is 40.5 Å². The summed E-state index contributed by atoms with van der Waals surface area (Å²) in [6.45, 7) is 1.78. The molecule has 0 bridgehead atoms. The number of hydrogen-bond donors (Lipinski definition) is 2. The number of rotatable bonds is 3. The van der Waals surface area contributed by atoms with Crippen LogP contribution in [-0.2, 0) is 12.0 Å². The Kier molecular flexibility index (Phi) is 3.56. The molecule has 0 aliphatic heterocycles. The van der Waals surface area contributed by atoms with Gasteiger partial charge in [-0.15, -0.1) is 11.3 Å². The normalized spacial score (nSPS) is 14.5. The van der Waals surface area contributed by atoms with Gasteiger partial charge in [-0.1, -0.05) is 12.1 Å². The van der Waals surface area contributed by atoms with Crippen molar-refractivity contribution in [2.75, 3.05) is 0 Å². The zero-order chi connectivity index (χ0) is 12.5. The Morgan fingerprint density at radius 1 is 1.29 bits per heavy atom. The van der Waals surface area contributed by atoms with Gasteiger partial charge in [0.2, 0.25) is 0 Å². The minimum atomic E-state index is -0.919. The molecule has 1 unspecified atom stereocenters. The van der Waals surface area contributed by atoms with Gasteiger partial charge < -0.3 is 10.2 Å². The molecule has 1 heterocycles. The van der Waals surface area contributed by atoms with E-state index < -0.39 is 5.60 Å². The SMILES string of the molecule is CC(O)(Cc1cc(Br)cs1)c1ccc(O)cc1. The van der Waals surface area contributed by atoms with Crippen molar-refractivity contribution in [1.29, 1.82) is 0 Å². The lowest BCUT2D eigenvalue weighted by molar-refractivity contribution is 0.0584. The molecule has 1 aromatic carbocycles. The minimum absolute atomic E-state index is 0.211. The van der Waals surface area contributed by atoms with E-state index in [0.29, 0.717) is 6.42 Å². The van der Waals surface area contributed by atoms with Crippen LogP contribution in [0.25, 0.3) is 0 Å². The van der Waals surface area contributed by atoms with Crippen LogP contribution in [0.1, 0.15) is 17.4 Å². The maximum absolute atomic E-state index is 10.4. The fraction of sp³-hybridized carbons (Fsp3) is 0.231. The highest BCUT2D eigenvalue weighted by Crippen LogP contribution is 2.30. The second kappa shape index (κ2) is 4.80. The maximum Gasteiger partial charge on any atom is 0.115 e. The zero-order valence-corrected chi connectivity index (χ0v) is 11.8. The van der Waals surface area contributed by atoms with Crippen LogP contribution < -0.4 is 0 Å². The molecule has 0 saturated heterocycles. The third-order valence-electron chi connectivity index (χ3n) is 2.63. The highest BCUT2D eigenvalue weighted by molar-refractivity contribution is 9.10. The van der Waals surface area contributed by atoms with Crippen molar-refractivity contribution in [3.63, 3.8) is 0 Å². The number of thiophene rings is 1. The van der Waals surface area contributed by atoms with Crippen LogP contribution in [0.3, 0.4) is 0 Å². The van der Waals surface area contributed by atoms with Crippen molar-refractivity contribution in [2.24, 2.45) is 0 Å². The van der Waals surface area contributed by atoms with Gasteiger partial charge >= 0.3 is 0 Å². The fourth-order valence-electron chi connectivity index (χ4n) is 1.71. The van der Waals surface area contributed by atoms with Crippen molar-refractivity contribution >= 4 is 27.3 Å². The van der Waals surface area contributed by atoms with Gasteiger partial charge in [0.05, 0.1) is 5.60 Å². The number of phenolic OH excluding ortho intramolecular Hbond substituents is 1. The van der Waals surface area contributed by atoms with E-state index in [9.17, 15) is 10.2 Å². The van der Waals surface area contributed by atoms with Crippen LogP contribution in [0, 0.1) is 0 Å². The van der Waals surface area contributed by atoms with Gasteiger partial charge in [0.15, 0.2) is 0 Å². The van der Waals surface area contributed by atoms with E-state index in [1.807, 2.05) is 11.4 Å². The van der Waals surface area contributed by atoms with Gasteiger partial charge in [-0.25, -0.2) is 0 Å². The van der Waals surface area contributed by atoms with E-state index in [1.54, 1.807) is 42.5 Å². The van der Waals surface area contributed by atoms with Crippen LogP contribution in [0.4, 0.5) is 0 Å². The number of benzene rings is 1. The summed E-state index contributed by atoms with van der Waals surface area (Å²) in [5.74, 6) is 0.211. The first-order valence-electron chi connectivity index (χ1n) is 5.22. The predicted molar refractivity (Wildman–Crippen MR) is 73.4 cm³/mol. The van der Waals surface area contributed by atoms with E-state index in [1.165, 1.54) is 0 Å². The van der Waals surface area contributed by atoms with Crippen molar-refractivity contribution in [2.45, 2.75) is 18.9 Å². The summed E-state index contributed by atoms with van der Waals surface area (Å²) in [6, 6.07) is 8.69. The average molecular weight is 313 g/mol. The molecule has 1 atom stereocenters. The molecule has 2 N–H and O–H groups in total. The van der Waals surface area contributed by atoms with Crippen molar-refractivity contribution in [1.82, 2.24) is 0 Å². The first-order chi connectivity index (χ1) is 7.97. The molecule has 17 heavy (non-hydrogen) atoms. The number of aromatic hydroxyl groups is 1. The highest BCUT2D eigenvalue weighted by atomic mass is 79.9. The molecular formula is C13H13BrO2S. The molecule has 1 aromatic heterocycles. The van der Waals surface area contributed by atoms with Gasteiger partial charge in [0, 0.05) is 21.2 Å². The third kappa shape index (κ3) is 3.09. The second-order valence-electron chi connectivity index (χ2n) is 4.23. The van der Waals surface area contributed by atoms with E-state index in [0.717, 1.165) is 14.9 Å². The van der Waals surface area contributed by atoms with Gasteiger partial charge in [-0.3, -0.25) is 0 Å². The molecule has 0 amide bonds. The summed E-state index contributed by atoms with van der Waals surface area (Å²) >= 11 is 5.02. The minimum Gasteiger partial charge on any atom is -0.508 e. The second-order valence-corrected chi connectivity index (χ2v) is 6.14. The Hall–Kier alpha value is -0.840. The van der Waals surface area contributed by atoms with E-state index in [4.69, 9.17) is 0 Å². The quantitative estimate of drug-likeness (QED) is 0.908. The lowest BCUT2D eigenvalue weighted by atomic mass is 9.92. The lowest BCUT2D eigenvalue weighted by Crippen LogP contribution is -2.23. The van der Waals surface area contributed by atoms with Crippen LogP contribution in [0.2, 0.25) is 0 Å². The molecule has 2 nitrogen and oxygen atoms in total. The number of hydrogen-bond acceptors (Lipinski definition) is 3. The number of halogens is 1. The summed E-state index contributed by atoms with van der Waals surface area (Å²) in [5, 5.41) is 21.7. The third-order valence-corrected chi connectivity index (χ3v) is 4.33. The van der Waals surface area contributed by atoms with E-state index >= 15 is 0 Å². The van der Waals surface area contributed by atoms with Gasteiger partial charge in [-0.05, 0) is 46.6 Å². The first-order valence-corrected chi connectivity index (χ1v) is 6.89. The molecule has 2 aromatic rings. The van der Waals surface area contributed by atoms with Gasteiger partial charge in [0.1, 0.15) is 5.75 Å². The lowest BCUT2D eigenvalue weighted by Gasteiger charge is -2.23. The summed E-state index contributed by atoms with van der Waals surface area (Å²) in [5.41, 5.74) is -0.113. The summed E-state index contributed by atoms with van der Waals surface area (Å²) in [7, 11) is 0. The largest absolute Gasteiger partial charge is 0.508 e. The van der Waals surface area contributed by atoms with Gasteiger partial charge in [-0.2, -0.15) is 0 Å². The number of phenols is 1. The maximum atomic E-state index is 10.4. The molecular weight excluding hydrogens is 300 g/mol. The summed E-state index contributed by atoms with van der Waals surface area (Å²) in [4.78, 5) is 1.12. The molecule has 0 radical (unpaired) electrons. The van der Waals surface area contributed by atoms with Crippen molar-refractivity contribution < 1.29 is 10.2 Å². The predicted octanol–water partition coefficient (Wildman–Crippen LogP) is 3.67. The summed E-state index contributed by atoms with van der Waals surface area (Å²) < 4.78 is 1.04. The molecule has 0 spiro atoms. The van der Waals surface area contributed by atoms with Crippen molar-refractivity contribution in [3.05, 3.63) is 50.6 Å². The number of aliphatic hydroxyl groups is 1. The fourth-order valence-corrected chi connectivity index (χ4v) is 3.31. The van der Waals surface area contributed by atoms with Crippen LogP contribution in [0.15, 0.2) is 40.2 Å². The van der Waals surface area contributed by atoms with E-state index in [2.05, 4.69) is 15.9 Å². The van der Waals surface area contributed by atoms with Crippen molar-refractivity contribution in [3.8, 4) is 5.75 Å². The molecule has 2 rings (SSSR count). The Bertz CT molecular complexity index is 502. The smallest absolute Gasteiger partial charge is 0.115 e. The molecule has 90 valence electrons. The van der Waals surface area contributed by atoms with Gasteiger partial charge in [0.25, 0.3) is 0 Å². The average Bonchev–Trinajstić information content (AvgIpc) is 2.63. The molecule has 4 heteroatoms. The molecule has 0 saturated carbocycles. The monoisotopic (exact) mass is 312 g/mol. The molecule has 0 fully saturated rings. The van der Waals surface area contributed by atoms with Crippen LogP contribution in [0.5, 0.6) is 5.75 Å². The summed E-state index contributed by atoms with van der Waals surface area (Å²) in [6.07, 6.45) is 0.564. The Balaban J connectivity index is 2.21. The van der Waals surface area contributed by atoms with Crippen LogP contribution >= 0.6 is 27.3 Å².